The summed E-state index contributed by atoms with van der Waals surface area (Å²) in [6.45, 7) is 4.71. The van der Waals surface area contributed by atoms with Crippen LogP contribution < -0.4 is 10.6 Å². The van der Waals surface area contributed by atoms with E-state index >= 15 is 0 Å². The molecule has 0 aliphatic heterocycles. The molecule has 130 valence electrons. The highest BCUT2D eigenvalue weighted by molar-refractivity contribution is 5.91. The lowest BCUT2D eigenvalue weighted by molar-refractivity contribution is -0.120. The Bertz CT molecular complexity index is 894. The first-order chi connectivity index (χ1) is 12.1. The van der Waals surface area contributed by atoms with E-state index in [1.807, 2.05) is 26.0 Å². The quantitative estimate of drug-likeness (QED) is 0.676. The van der Waals surface area contributed by atoms with Crippen LogP contribution in [0.5, 0.6) is 0 Å². The van der Waals surface area contributed by atoms with Crippen LogP contribution in [0.25, 0.3) is 11.0 Å². The lowest BCUT2D eigenvalue weighted by atomic mass is 10.0. The summed E-state index contributed by atoms with van der Waals surface area (Å²) < 4.78 is 10.6. The van der Waals surface area contributed by atoms with Gasteiger partial charge in [-0.1, -0.05) is 12.1 Å². The number of benzene rings is 1. The summed E-state index contributed by atoms with van der Waals surface area (Å²) in [5.74, 6) is -0.166. The molecular formula is C19H20N2O4. The van der Waals surface area contributed by atoms with E-state index in [2.05, 4.69) is 10.6 Å². The average molecular weight is 340 g/mol. The molecule has 2 N–H and O–H groups in total. The zero-order valence-corrected chi connectivity index (χ0v) is 14.2. The number of carbonyl (C=O) groups is 2. The molecule has 0 radical (unpaired) electrons. The molecule has 2 aromatic heterocycles. The highest BCUT2D eigenvalue weighted by Gasteiger charge is 2.13. The summed E-state index contributed by atoms with van der Waals surface area (Å²) in [5, 5.41) is 6.43. The van der Waals surface area contributed by atoms with Crippen LogP contribution in [0.3, 0.4) is 0 Å². The minimum atomic E-state index is -0.300. The van der Waals surface area contributed by atoms with Crippen molar-refractivity contribution >= 4 is 22.8 Å². The van der Waals surface area contributed by atoms with E-state index in [-0.39, 0.29) is 24.0 Å². The summed E-state index contributed by atoms with van der Waals surface area (Å²) >= 11 is 0. The van der Waals surface area contributed by atoms with Gasteiger partial charge in [-0.2, -0.15) is 0 Å². The van der Waals surface area contributed by atoms with Gasteiger partial charge in [-0.05, 0) is 37.1 Å². The number of furan rings is 2. The van der Waals surface area contributed by atoms with Crippen molar-refractivity contribution in [3.63, 3.8) is 0 Å². The number of carbonyl (C=O) groups excluding carboxylic acids is 2. The van der Waals surface area contributed by atoms with E-state index in [4.69, 9.17) is 8.83 Å². The molecule has 0 aliphatic carbocycles. The van der Waals surface area contributed by atoms with Gasteiger partial charge in [0.15, 0.2) is 5.76 Å². The maximum atomic E-state index is 12.1. The van der Waals surface area contributed by atoms with E-state index in [1.165, 1.54) is 6.26 Å². The molecule has 0 atom stereocenters. The van der Waals surface area contributed by atoms with Gasteiger partial charge in [-0.3, -0.25) is 9.59 Å². The topological polar surface area (TPSA) is 84.5 Å². The zero-order chi connectivity index (χ0) is 17.8. The van der Waals surface area contributed by atoms with Crippen molar-refractivity contribution in [2.45, 2.75) is 20.3 Å². The predicted octanol–water partition coefficient (Wildman–Crippen LogP) is 2.73. The largest absolute Gasteiger partial charge is 0.464 e. The molecule has 0 saturated carbocycles. The van der Waals surface area contributed by atoms with Crippen LogP contribution in [0.4, 0.5) is 0 Å². The Hall–Kier alpha value is -3.02. The second-order valence-electron chi connectivity index (χ2n) is 5.91. The van der Waals surface area contributed by atoms with Crippen LogP contribution in [0.15, 0.2) is 45.6 Å². The maximum absolute atomic E-state index is 12.1. The van der Waals surface area contributed by atoms with Gasteiger partial charge < -0.3 is 19.5 Å². The summed E-state index contributed by atoms with van der Waals surface area (Å²) in [6, 6.07) is 7.24. The van der Waals surface area contributed by atoms with Gasteiger partial charge in [0.1, 0.15) is 5.58 Å². The van der Waals surface area contributed by atoms with E-state index in [1.54, 1.807) is 18.4 Å². The van der Waals surface area contributed by atoms with Crippen LogP contribution >= 0.6 is 0 Å². The van der Waals surface area contributed by atoms with Crippen LogP contribution in [0.2, 0.25) is 0 Å². The molecule has 3 aromatic rings. The third kappa shape index (κ3) is 3.74. The molecular weight excluding hydrogens is 320 g/mol. The number of amides is 2. The van der Waals surface area contributed by atoms with E-state index < -0.39 is 0 Å². The van der Waals surface area contributed by atoms with Crippen LogP contribution in [0.1, 0.15) is 27.2 Å². The number of fused-ring (bicyclic) bond motifs is 1. The maximum Gasteiger partial charge on any atom is 0.287 e. The first-order valence-corrected chi connectivity index (χ1v) is 8.11. The molecule has 2 heterocycles. The lowest BCUT2D eigenvalue weighted by Gasteiger charge is -2.06. The summed E-state index contributed by atoms with van der Waals surface area (Å²) in [5.41, 5.74) is 3.93. The van der Waals surface area contributed by atoms with Crippen molar-refractivity contribution < 1.29 is 18.4 Å². The summed E-state index contributed by atoms with van der Waals surface area (Å²) in [6.07, 6.45) is 3.31. The van der Waals surface area contributed by atoms with Gasteiger partial charge in [0.2, 0.25) is 5.91 Å². The number of rotatable bonds is 6. The van der Waals surface area contributed by atoms with Crippen molar-refractivity contribution in [3.8, 4) is 0 Å². The van der Waals surface area contributed by atoms with Crippen LogP contribution in [-0.2, 0) is 11.2 Å². The minimum Gasteiger partial charge on any atom is -0.464 e. The number of nitrogens with one attached hydrogen (secondary N) is 2. The Balaban J connectivity index is 1.50. The Labute approximate surface area is 145 Å². The van der Waals surface area contributed by atoms with E-state index in [0.717, 1.165) is 27.7 Å². The van der Waals surface area contributed by atoms with E-state index in [9.17, 15) is 9.59 Å². The molecule has 0 aliphatic rings. The average Bonchev–Trinajstić information content (AvgIpc) is 3.25. The fraction of sp³-hybridized carbons (Fsp3) is 0.263. The summed E-state index contributed by atoms with van der Waals surface area (Å²) in [7, 11) is 0. The molecule has 0 spiro atoms. The van der Waals surface area contributed by atoms with Crippen molar-refractivity contribution in [1.82, 2.24) is 10.6 Å². The van der Waals surface area contributed by atoms with Crippen LogP contribution in [0, 0.1) is 13.8 Å². The van der Waals surface area contributed by atoms with Crippen molar-refractivity contribution in [2.24, 2.45) is 0 Å². The number of aryl methyl sites for hydroxylation is 2. The Morgan fingerprint density at radius 3 is 2.60 bits per heavy atom. The SMILES string of the molecule is Cc1ccc2c(CC(=O)NCCNC(=O)c3ccco3)coc2c1C. The first kappa shape index (κ1) is 16.8. The molecule has 6 nitrogen and oxygen atoms in total. The Morgan fingerprint density at radius 1 is 1.04 bits per heavy atom. The molecule has 0 fully saturated rings. The molecule has 6 heteroatoms. The van der Waals surface area contributed by atoms with Crippen LogP contribution in [-0.4, -0.2) is 24.9 Å². The Kier molecular flexibility index (Phi) is 4.88. The fourth-order valence-corrected chi connectivity index (χ4v) is 2.63. The zero-order valence-electron chi connectivity index (χ0n) is 14.2. The van der Waals surface area contributed by atoms with E-state index in [0.29, 0.717) is 13.1 Å². The molecule has 3 rings (SSSR count). The summed E-state index contributed by atoms with van der Waals surface area (Å²) in [4.78, 5) is 23.8. The second kappa shape index (κ2) is 7.25. The normalized spacial score (nSPS) is 10.8. The van der Waals surface area contributed by atoms with Gasteiger partial charge in [0, 0.05) is 24.0 Å². The first-order valence-electron chi connectivity index (χ1n) is 8.11. The lowest BCUT2D eigenvalue weighted by Crippen LogP contribution is -2.35. The molecule has 0 unspecified atom stereocenters. The van der Waals surface area contributed by atoms with Gasteiger partial charge >= 0.3 is 0 Å². The third-order valence-corrected chi connectivity index (χ3v) is 4.17. The molecule has 0 saturated heterocycles. The van der Waals surface area contributed by atoms with Crippen molar-refractivity contribution in [1.29, 1.82) is 0 Å². The molecule has 25 heavy (non-hydrogen) atoms. The monoisotopic (exact) mass is 340 g/mol. The minimum absolute atomic E-state index is 0.117. The molecule has 1 aromatic carbocycles. The van der Waals surface area contributed by atoms with Gasteiger partial charge in [-0.25, -0.2) is 0 Å². The third-order valence-electron chi connectivity index (χ3n) is 4.17. The van der Waals surface area contributed by atoms with Gasteiger partial charge in [-0.15, -0.1) is 0 Å². The second-order valence-corrected chi connectivity index (χ2v) is 5.91. The predicted molar refractivity (Wildman–Crippen MR) is 93.4 cm³/mol. The van der Waals surface area contributed by atoms with Crippen molar-refractivity contribution in [3.05, 3.63) is 59.2 Å². The fourth-order valence-electron chi connectivity index (χ4n) is 2.63. The Morgan fingerprint density at radius 2 is 1.84 bits per heavy atom. The highest BCUT2D eigenvalue weighted by atomic mass is 16.3. The highest BCUT2D eigenvalue weighted by Crippen LogP contribution is 2.26. The van der Waals surface area contributed by atoms with Gasteiger partial charge in [0.25, 0.3) is 5.91 Å². The van der Waals surface area contributed by atoms with Gasteiger partial charge in [0.05, 0.1) is 18.9 Å². The molecule has 0 bridgehead atoms. The standard InChI is InChI=1S/C19H20N2O4/c1-12-5-6-15-14(11-25-18(15)13(12)2)10-17(22)20-7-8-21-19(23)16-4-3-9-24-16/h3-6,9,11H,7-8,10H2,1-2H3,(H,20,22)(H,21,23). The van der Waals surface area contributed by atoms with Crippen molar-refractivity contribution in [2.75, 3.05) is 13.1 Å². The molecule has 2 amide bonds. The smallest absolute Gasteiger partial charge is 0.287 e. The number of hydrogen-bond acceptors (Lipinski definition) is 4. The number of hydrogen-bond donors (Lipinski definition) is 2.